The number of hydrogen-bond acceptors (Lipinski definition) is 3. The Morgan fingerprint density at radius 3 is 2.78 bits per heavy atom. The lowest BCUT2D eigenvalue weighted by Gasteiger charge is -2.36. The molecule has 0 aliphatic carbocycles. The van der Waals surface area contributed by atoms with E-state index < -0.39 is 0 Å². The van der Waals surface area contributed by atoms with Crippen molar-refractivity contribution < 1.29 is 4.79 Å². The standard InChI is InChI=1S/C14H23N3O/c1-3-6-14(7-10-15-11-8-14)13(18)12-5-9-16-17(12)4-2/h5,9,15H,3-4,6-8,10-11H2,1-2H3. The zero-order chi connectivity index (χ0) is 13.0. The van der Waals surface area contributed by atoms with E-state index >= 15 is 0 Å². The average molecular weight is 249 g/mol. The molecule has 4 heteroatoms. The maximum absolute atomic E-state index is 12.9. The fourth-order valence-electron chi connectivity index (χ4n) is 3.02. The molecule has 1 aliphatic rings. The Morgan fingerprint density at radius 2 is 2.17 bits per heavy atom. The van der Waals surface area contributed by atoms with Crippen molar-refractivity contribution in [2.24, 2.45) is 5.41 Å². The van der Waals surface area contributed by atoms with Gasteiger partial charge in [-0.3, -0.25) is 9.48 Å². The summed E-state index contributed by atoms with van der Waals surface area (Å²) in [6, 6.07) is 1.87. The second-order valence-electron chi connectivity index (χ2n) is 5.14. The zero-order valence-electron chi connectivity index (χ0n) is 11.4. The molecule has 1 N–H and O–H groups in total. The second kappa shape index (κ2) is 5.65. The third-order valence-electron chi connectivity index (χ3n) is 4.02. The molecule has 0 bridgehead atoms. The SMILES string of the molecule is CCCC1(C(=O)c2ccnn2CC)CCNCC1. The van der Waals surface area contributed by atoms with Gasteiger partial charge in [0.1, 0.15) is 5.69 Å². The molecule has 0 spiro atoms. The van der Waals surface area contributed by atoms with Crippen LogP contribution < -0.4 is 5.32 Å². The lowest BCUT2D eigenvalue weighted by molar-refractivity contribution is 0.0692. The van der Waals surface area contributed by atoms with E-state index in [9.17, 15) is 4.79 Å². The maximum atomic E-state index is 12.9. The first-order valence-corrected chi connectivity index (χ1v) is 7.01. The highest BCUT2D eigenvalue weighted by atomic mass is 16.1. The Kier molecular flexibility index (Phi) is 4.17. The highest BCUT2D eigenvalue weighted by Crippen LogP contribution is 2.37. The van der Waals surface area contributed by atoms with Crippen molar-refractivity contribution in [2.75, 3.05) is 13.1 Å². The number of carbonyl (C=O) groups is 1. The highest BCUT2D eigenvalue weighted by molar-refractivity contribution is 5.99. The number of piperidine rings is 1. The van der Waals surface area contributed by atoms with Crippen LogP contribution in [0.3, 0.4) is 0 Å². The van der Waals surface area contributed by atoms with E-state index in [2.05, 4.69) is 17.3 Å². The summed E-state index contributed by atoms with van der Waals surface area (Å²) < 4.78 is 1.82. The third-order valence-corrected chi connectivity index (χ3v) is 4.02. The first-order chi connectivity index (χ1) is 8.73. The largest absolute Gasteiger partial charge is 0.317 e. The van der Waals surface area contributed by atoms with E-state index in [0.717, 1.165) is 51.0 Å². The Balaban J connectivity index is 2.28. The molecule has 1 aliphatic heterocycles. The number of nitrogens with zero attached hydrogens (tertiary/aromatic N) is 2. The molecule has 1 aromatic rings. The van der Waals surface area contributed by atoms with E-state index in [0.29, 0.717) is 5.78 Å². The molecule has 0 unspecified atom stereocenters. The minimum absolute atomic E-state index is 0.160. The molecule has 100 valence electrons. The van der Waals surface area contributed by atoms with Crippen LogP contribution in [-0.2, 0) is 6.54 Å². The number of ketones is 1. The summed E-state index contributed by atoms with van der Waals surface area (Å²) in [5.41, 5.74) is 0.625. The Labute approximate surface area is 109 Å². The van der Waals surface area contributed by atoms with E-state index in [4.69, 9.17) is 0 Å². The van der Waals surface area contributed by atoms with E-state index in [1.165, 1.54) is 0 Å². The lowest BCUT2D eigenvalue weighted by atomic mass is 9.71. The summed E-state index contributed by atoms with van der Waals surface area (Å²) in [6.45, 7) is 6.85. The minimum Gasteiger partial charge on any atom is -0.317 e. The van der Waals surface area contributed by atoms with E-state index in [1.807, 2.05) is 17.7 Å². The van der Waals surface area contributed by atoms with E-state index in [-0.39, 0.29) is 5.41 Å². The van der Waals surface area contributed by atoms with Crippen molar-refractivity contribution in [1.29, 1.82) is 0 Å². The molecule has 2 rings (SSSR count). The zero-order valence-corrected chi connectivity index (χ0v) is 11.4. The summed E-state index contributed by atoms with van der Waals surface area (Å²) in [5, 5.41) is 7.57. The van der Waals surface area contributed by atoms with Gasteiger partial charge in [0.2, 0.25) is 0 Å². The number of rotatable bonds is 5. The maximum Gasteiger partial charge on any atom is 0.187 e. The molecule has 0 radical (unpaired) electrons. The van der Waals surface area contributed by atoms with Gasteiger partial charge in [-0.1, -0.05) is 13.3 Å². The van der Waals surface area contributed by atoms with Crippen LogP contribution in [0.1, 0.15) is 50.0 Å². The molecule has 0 aromatic carbocycles. The topological polar surface area (TPSA) is 46.9 Å². The molecule has 18 heavy (non-hydrogen) atoms. The predicted octanol–water partition coefficient (Wildman–Crippen LogP) is 2.26. The highest BCUT2D eigenvalue weighted by Gasteiger charge is 2.40. The molecule has 0 amide bonds. The molecule has 1 fully saturated rings. The van der Waals surface area contributed by atoms with Crippen molar-refractivity contribution in [3.05, 3.63) is 18.0 Å². The van der Waals surface area contributed by atoms with Gasteiger partial charge in [0, 0.05) is 18.2 Å². The van der Waals surface area contributed by atoms with Gasteiger partial charge in [0.25, 0.3) is 0 Å². The molecule has 2 heterocycles. The molecule has 1 saturated heterocycles. The Morgan fingerprint density at radius 1 is 1.44 bits per heavy atom. The number of Topliss-reactive ketones (excluding diaryl/α,β-unsaturated/α-hetero) is 1. The fourth-order valence-corrected chi connectivity index (χ4v) is 3.02. The van der Waals surface area contributed by atoms with Gasteiger partial charge in [0.05, 0.1) is 0 Å². The normalized spacial score (nSPS) is 18.8. The first-order valence-electron chi connectivity index (χ1n) is 7.01. The smallest absolute Gasteiger partial charge is 0.187 e. The van der Waals surface area contributed by atoms with Crippen LogP contribution >= 0.6 is 0 Å². The number of aryl methyl sites for hydroxylation is 1. The molecule has 0 saturated carbocycles. The number of hydrogen-bond donors (Lipinski definition) is 1. The monoisotopic (exact) mass is 249 g/mol. The van der Waals surface area contributed by atoms with Crippen molar-refractivity contribution >= 4 is 5.78 Å². The molecule has 4 nitrogen and oxygen atoms in total. The van der Waals surface area contributed by atoms with Gasteiger partial charge in [-0.2, -0.15) is 5.10 Å². The van der Waals surface area contributed by atoms with Crippen LogP contribution in [0.2, 0.25) is 0 Å². The van der Waals surface area contributed by atoms with Gasteiger partial charge in [-0.15, -0.1) is 0 Å². The van der Waals surface area contributed by atoms with Crippen LogP contribution in [0.4, 0.5) is 0 Å². The number of carbonyl (C=O) groups excluding carboxylic acids is 1. The van der Waals surface area contributed by atoms with Gasteiger partial charge in [0.15, 0.2) is 5.78 Å². The predicted molar refractivity (Wildman–Crippen MR) is 71.7 cm³/mol. The molecular weight excluding hydrogens is 226 g/mol. The third kappa shape index (κ3) is 2.34. The van der Waals surface area contributed by atoms with Gasteiger partial charge >= 0.3 is 0 Å². The van der Waals surface area contributed by atoms with Crippen LogP contribution in [0.25, 0.3) is 0 Å². The molecular formula is C14H23N3O. The van der Waals surface area contributed by atoms with Gasteiger partial charge < -0.3 is 5.32 Å². The van der Waals surface area contributed by atoms with Crippen molar-refractivity contribution in [3.8, 4) is 0 Å². The van der Waals surface area contributed by atoms with Gasteiger partial charge in [-0.25, -0.2) is 0 Å². The van der Waals surface area contributed by atoms with Crippen molar-refractivity contribution in [3.63, 3.8) is 0 Å². The van der Waals surface area contributed by atoms with Crippen LogP contribution in [0.5, 0.6) is 0 Å². The fraction of sp³-hybridized carbons (Fsp3) is 0.714. The average Bonchev–Trinajstić information content (AvgIpc) is 2.87. The van der Waals surface area contributed by atoms with Crippen molar-refractivity contribution in [1.82, 2.24) is 15.1 Å². The van der Waals surface area contributed by atoms with E-state index in [1.54, 1.807) is 6.20 Å². The quantitative estimate of drug-likeness (QED) is 0.814. The van der Waals surface area contributed by atoms with Crippen molar-refractivity contribution in [2.45, 2.75) is 46.1 Å². The summed E-state index contributed by atoms with van der Waals surface area (Å²) in [5.74, 6) is 0.296. The number of aromatic nitrogens is 2. The second-order valence-corrected chi connectivity index (χ2v) is 5.14. The summed E-state index contributed by atoms with van der Waals surface area (Å²) in [6.07, 6.45) is 5.69. The summed E-state index contributed by atoms with van der Waals surface area (Å²) in [7, 11) is 0. The summed E-state index contributed by atoms with van der Waals surface area (Å²) >= 11 is 0. The lowest BCUT2D eigenvalue weighted by Crippen LogP contribution is -2.42. The van der Waals surface area contributed by atoms with Crippen LogP contribution in [0.15, 0.2) is 12.3 Å². The first kappa shape index (κ1) is 13.3. The summed E-state index contributed by atoms with van der Waals surface area (Å²) in [4.78, 5) is 12.9. The Hall–Kier alpha value is -1.16. The van der Waals surface area contributed by atoms with Crippen LogP contribution in [0, 0.1) is 5.41 Å². The number of nitrogens with one attached hydrogen (secondary N) is 1. The molecule has 0 atom stereocenters. The Bertz CT molecular complexity index is 399. The molecule has 1 aromatic heterocycles. The minimum atomic E-state index is -0.160. The van der Waals surface area contributed by atoms with Crippen LogP contribution in [-0.4, -0.2) is 28.7 Å². The van der Waals surface area contributed by atoms with Gasteiger partial charge in [-0.05, 0) is 45.3 Å².